The van der Waals surface area contributed by atoms with E-state index in [2.05, 4.69) is 5.32 Å². The van der Waals surface area contributed by atoms with Crippen molar-refractivity contribution in [2.45, 2.75) is 44.7 Å². The van der Waals surface area contributed by atoms with Crippen LogP contribution in [0, 0.1) is 11.7 Å². The van der Waals surface area contributed by atoms with E-state index < -0.39 is 6.04 Å². The van der Waals surface area contributed by atoms with Crippen LogP contribution < -0.4 is 11.1 Å². The van der Waals surface area contributed by atoms with Crippen LogP contribution in [-0.2, 0) is 4.79 Å². The molecule has 0 heterocycles. The van der Waals surface area contributed by atoms with Crippen molar-refractivity contribution in [2.24, 2.45) is 11.7 Å². The third-order valence-electron chi connectivity index (χ3n) is 3.79. The van der Waals surface area contributed by atoms with Crippen molar-refractivity contribution >= 4 is 18.3 Å². The van der Waals surface area contributed by atoms with Crippen LogP contribution in [0.15, 0.2) is 24.3 Å². The fraction of sp³-hybridized carbons (Fsp3) is 0.533. The lowest BCUT2D eigenvalue weighted by Gasteiger charge is -2.26. The van der Waals surface area contributed by atoms with Gasteiger partial charge in [0, 0.05) is 0 Å². The molecular formula is C15H22ClFN2O. The van der Waals surface area contributed by atoms with Crippen LogP contribution in [0.25, 0.3) is 0 Å². The predicted molar refractivity (Wildman–Crippen MR) is 80.1 cm³/mol. The number of nitrogens with two attached hydrogens (primary N) is 1. The number of nitrogens with one attached hydrogen (secondary N) is 1. The number of carbonyl (C=O) groups excluding carboxylic acids is 1. The van der Waals surface area contributed by atoms with Crippen molar-refractivity contribution in [1.82, 2.24) is 5.32 Å². The minimum absolute atomic E-state index is 0. The molecule has 0 saturated heterocycles. The van der Waals surface area contributed by atoms with Crippen molar-refractivity contribution in [1.29, 1.82) is 0 Å². The van der Waals surface area contributed by atoms with Crippen molar-refractivity contribution in [2.75, 3.05) is 0 Å². The molecule has 20 heavy (non-hydrogen) atoms. The van der Waals surface area contributed by atoms with Crippen molar-refractivity contribution in [3.63, 3.8) is 0 Å². The highest BCUT2D eigenvalue weighted by Crippen LogP contribution is 2.35. The quantitative estimate of drug-likeness (QED) is 0.898. The topological polar surface area (TPSA) is 55.1 Å². The largest absolute Gasteiger partial charge is 0.348 e. The van der Waals surface area contributed by atoms with Gasteiger partial charge >= 0.3 is 0 Å². The SMILES string of the molecule is C[C@H](N)C(=O)NC(c1cccc(F)c1)C1CCCC1.Cl. The Morgan fingerprint density at radius 1 is 1.40 bits per heavy atom. The molecule has 1 aromatic rings. The molecule has 1 aromatic carbocycles. The number of rotatable bonds is 4. The van der Waals surface area contributed by atoms with E-state index in [1.54, 1.807) is 13.0 Å². The first-order valence-electron chi connectivity index (χ1n) is 6.89. The van der Waals surface area contributed by atoms with E-state index in [1.165, 1.54) is 25.0 Å². The number of carbonyl (C=O) groups is 1. The van der Waals surface area contributed by atoms with Crippen LogP contribution >= 0.6 is 12.4 Å². The first-order valence-corrected chi connectivity index (χ1v) is 6.89. The van der Waals surface area contributed by atoms with E-state index in [-0.39, 0.29) is 30.2 Å². The number of amides is 1. The third kappa shape index (κ3) is 4.18. The van der Waals surface area contributed by atoms with Gasteiger partial charge in [0.1, 0.15) is 5.82 Å². The minimum atomic E-state index is -0.544. The first kappa shape index (κ1) is 16.9. The Balaban J connectivity index is 0.00000200. The van der Waals surface area contributed by atoms with E-state index in [0.29, 0.717) is 5.92 Å². The second-order valence-electron chi connectivity index (χ2n) is 5.37. The normalized spacial score (nSPS) is 18.1. The van der Waals surface area contributed by atoms with Gasteiger partial charge in [0.05, 0.1) is 12.1 Å². The lowest BCUT2D eigenvalue weighted by atomic mass is 9.91. The lowest BCUT2D eigenvalue weighted by Crippen LogP contribution is -2.42. The van der Waals surface area contributed by atoms with Crippen LogP contribution in [0.5, 0.6) is 0 Å². The Morgan fingerprint density at radius 3 is 2.60 bits per heavy atom. The zero-order valence-electron chi connectivity index (χ0n) is 11.6. The van der Waals surface area contributed by atoms with Gasteiger partial charge in [-0.15, -0.1) is 12.4 Å². The molecule has 2 atom stereocenters. The molecule has 2 rings (SSSR count). The fourth-order valence-electron chi connectivity index (χ4n) is 2.75. The van der Waals surface area contributed by atoms with Crippen LogP contribution in [0.1, 0.15) is 44.2 Å². The summed E-state index contributed by atoms with van der Waals surface area (Å²) in [5.74, 6) is -0.0683. The van der Waals surface area contributed by atoms with Gasteiger partial charge in [-0.3, -0.25) is 4.79 Å². The van der Waals surface area contributed by atoms with Crippen molar-refractivity contribution in [3.8, 4) is 0 Å². The standard InChI is InChI=1S/C15H21FN2O.ClH/c1-10(17)15(19)18-14(11-5-2-3-6-11)12-7-4-8-13(16)9-12;/h4,7-11,14H,2-3,5-6,17H2,1H3,(H,18,19);1H/t10-,14?;/m0./s1. The van der Waals surface area contributed by atoms with Crippen molar-refractivity contribution < 1.29 is 9.18 Å². The molecule has 1 aliphatic carbocycles. The number of benzene rings is 1. The molecule has 0 radical (unpaired) electrons. The van der Waals surface area contributed by atoms with E-state index >= 15 is 0 Å². The molecule has 1 saturated carbocycles. The summed E-state index contributed by atoms with van der Waals surface area (Å²) in [5.41, 5.74) is 6.44. The van der Waals surface area contributed by atoms with Gasteiger partial charge in [-0.05, 0) is 43.4 Å². The van der Waals surface area contributed by atoms with Gasteiger partial charge in [-0.1, -0.05) is 25.0 Å². The molecule has 1 unspecified atom stereocenters. The highest BCUT2D eigenvalue weighted by molar-refractivity contribution is 5.85. The molecule has 0 aliphatic heterocycles. The Kier molecular flexibility index (Phi) is 6.43. The molecule has 112 valence electrons. The molecule has 1 fully saturated rings. The Hall–Kier alpha value is -1.13. The smallest absolute Gasteiger partial charge is 0.237 e. The molecule has 0 bridgehead atoms. The Labute approximate surface area is 125 Å². The predicted octanol–water partition coefficient (Wildman–Crippen LogP) is 2.94. The summed E-state index contributed by atoms with van der Waals surface area (Å²) < 4.78 is 13.4. The molecule has 5 heteroatoms. The van der Waals surface area contributed by atoms with Crippen LogP contribution in [0.2, 0.25) is 0 Å². The number of halogens is 2. The first-order chi connectivity index (χ1) is 9.08. The van der Waals surface area contributed by atoms with E-state index in [0.717, 1.165) is 18.4 Å². The Morgan fingerprint density at radius 2 is 2.05 bits per heavy atom. The summed E-state index contributed by atoms with van der Waals surface area (Å²) >= 11 is 0. The summed E-state index contributed by atoms with van der Waals surface area (Å²) in [5, 5.41) is 2.97. The summed E-state index contributed by atoms with van der Waals surface area (Å²) in [4.78, 5) is 11.8. The molecule has 3 N–H and O–H groups in total. The van der Waals surface area contributed by atoms with E-state index in [4.69, 9.17) is 5.73 Å². The average molecular weight is 301 g/mol. The van der Waals surface area contributed by atoms with Crippen LogP contribution in [0.3, 0.4) is 0 Å². The van der Waals surface area contributed by atoms with Crippen LogP contribution in [-0.4, -0.2) is 11.9 Å². The average Bonchev–Trinajstić information content (AvgIpc) is 2.89. The summed E-state index contributed by atoms with van der Waals surface area (Å²) in [7, 11) is 0. The monoisotopic (exact) mass is 300 g/mol. The molecule has 0 aromatic heterocycles. The van der Waals surface area contributed by atoms with E-state index in [9.17, 15) is 9.18 Å². The maximum absolute atomic E-state index is 13.4. The molecule has 3 nitrogen and oxygen atoms in total. The maximum Gasteiger partial charge on any atom is 0.237 e. The second-order valence-corrected chi connectivity index (χ2v) is 5.37. The zero-order chi connectivity index (χ0) is 13.8. The maximum atomic E-state index is 13.4. The zero-order valence-corrected chi connectivity index (χ0v) is 12.5. The second kappa shape index (κ2) is 7.60. The molecule has 1 amide bonds. The number of hydrogen-bond acceptors (Lipinski definition) is 2. The van der Waals surface area contributed by atoms with Gasteiger partial charge in [0.25, 0.3) is 0 Å². The van der Waals surface area contributed by atoms with Gasteiger partial charge in [-0.2, -0.15) is 0 Å². The third-order valence-corrected chi connectivity index (χ3v) is 3.79. The Bertz CT molecular complexity index is 447. The summed E-state index contributed by atoms with van der Waals surface area (Å²) in [6.07, 6.45) is 4.48. The van der Waals surface area contributed by atoms with Gasteiger partial charge in [-0.25, -0.2) is 4.39 Å². The lowest BCUT2D eigenvalue weighted by molar-refractivity contribution is -0.123. The highest BCUT2D eigenvalue weighted by atomic mass is 35.5. The van der Waals surface area contributed by atoms with E-state index in [1.807, 2.05) is 6.07 Å². The molecule has 1 aliphatic rings. The summed E-state index contributed by atoms with van der Waals surface area (Å²) in [6.45, 7) is 1.66. The molecule has 0 spiro atoms. The highest BCUT2D eigenvalue weighted by Gasteiger charge is 2.28. The van der Waals surface area contributed by atoms with Gasteiger partial charge < -0.3 is 11.1 Å². The van der Waals surface area contributed by atoms with Crippen LogP contribution in [0.4, 0.5) is 4.39 Å². The summed E-state index contributed by atoms with van der Waals surface area (Å²) in [6, 6.07) is 5.81. The van der Waals surface area contributed by atoms with Crippen molar-refractivity contribution in [3.05, 3.63) is 35.6 Å². The molecular weight excluding hydrogens is 279 g/mol. The minimum Gasteiger partial charge on any atom is -0.348 e. The van der Waals surface area contributed by atoms with Gasteiger partial charge in [0.15, 0.2) is 0 Å². The van der Waals surface area contributed by atoms with Gasteiger partial charge in [0.2, 0.25) is 5.91 Å². The fourth-order valence-corrected chi connectivity index (χ4v) is 2.75. The number of hydrogen-bond donors (Lipinski definition) is 2.